The summed E-state index contributed by atoms with van der Waals surface area (Å²) in [5, 5.41) is 12.5. The van der Waals surface area contributed by atoms with Crippen LogP contribution >= 0.6 is 0 Å². The summed E-state index contributed by atoms with van der Waals surface area (Å²) >= 11 is 0. The third-order valence-electron chi connectivity index (χ3n) is 4.02. The molecule has 0 unspecified atom stereocenters. The Labute approximate surface area is 115 Å². The van der Waals surface area contributed by atoms with Crippen LogP contribution in [-0.2, 0) is 11.3 Å². The van der Waals surface area contributed by atoms with Gasteiger partial charge in [-0.1, -0.05) is 23.8 Å². The van der Waals surface area contributed by atoms with Crippen LogP contribution in [-0.4, -0.2) is 17.1 Å². The first-order valence-corrected chi connectivity index (χ1v) is 7.08. The second-order valence-corrected chi connectivity index (χ2v) is 5.65. The van der Waals surface area contributed by atoms with Gasteiger partial charge >= 0.3 is 0 Å². The van der Waals surface area contributed by atoms with Crippen molar-refractivity contribution in [3.63, 3.8) is 0 Å². The Bertz CT molecular complexity index is 448. The van der Waals surface area contributed by atoms with Crippen molar-refractivity contribution in [3.05, 3.63) is 34.9 Å². The number of aryl methyl sites for hydroxylation is 2. The molecule has 104 valence electrons. The van der Waals surface area contributed by atoms with Crippen LogP contribution in [0.25, 0.3) is 0 Å². The minimum atomic E-state index is -0.205. The van der Waals surface area contributed by atoms with Crippen LogP contribution in [0.1, 0.15) is 42.4 Å². The zero-order valence-corrected chi connectivity index (χ0v) is 11.8. The van der Waals surface area contributed by atoms with Gasteiger partial charge in [0.25, 0.3) is 0 Å². The standard InChI is InChI=1S/C16H23NO2/c1-11-3-4-14(12(2)9-11)10-17-16(19)13-5-7-15(18)8-6-13/h3-4,9,13,15,18H,5-8,10H2,1-2H3,(H,17,19). The molecule has 1 aliphatic carbocycles. The predicted octanol–water partition coefficient (Wildman–Crippen LogP) is 2.47. The lowest BCUT2D eigenvalue weighted by Gasteiger charge is -2.24. The van der Waals surface area contributed by atoms with Gasteiger partial charge in [0, 0.05) is 12.5 Å². The molecule has 1 fully saturated rings. The molecule has 0 bridgehead atoms. The average molecular weight is 261 g/mol. The number of benzene rings is 1. The van der Waals surface area contributed by atoms with Crippen LogP contribution in [0, 0.1) is 19.8 Å². The number of hydrogen-bond acceptors (Lipinski definition) is 2. The number of amides is 1. The van der Waals surface area contributed by atoms with Gasteiger partial charge < -0.3 is 10.4 Å². The molecule has 3 heteroatoms. The maximum Gasteiger partial charge on any atom is 0.223 e. The Morgan fingerprint density at radius 1 is 1.26 bits per heavy atom. The first-order valence-electron chi connectivity index (χ1n) is 7.08. The van der Waals surface area contributed by atoms with Crippen molar-refractivity contribution < 1.29 is 9.90 Å². The first-order chi connectivity index (χ1) is 9.06. The molecule has 1 aromatic rings. The van der Waals surface area contributed by atoms with Gasteiger partial charge in [0.2, 0.25) is 5.91 Å². The summed E-state index contributed by atoms with van der Waals surface area (Å²) in [6.07, 6.45) is 2.91. The molecule has 2 N–H and O–H groups in total. The van der Waals surface area contributed by atoms with Gasteiger partial charge in [-0.2, -0.15) is 0 Å². The summed E-state index contributed by atoms with van der Waals surface area (Å²) < 4.78 is 0. The van der Waals surface area contributed by atoms with Crippen LogP contribution < -0.4 is 5.32 Å². The largest absolute Gasteiger partial charge is 0.393 e. The molecule has 1 aromatic carbocycles. The zero-order chi connectivity index (χ0) is 13.8. The van der Waals surface area contributed by atoms with Crippen LogP contribution in [0.5, 0.6) is 0 Å². The van der Waals surface area contributed by atoms with E-state index in [-0.39, 0.29) is 17.9 Å². The van der Waals surface area contributed by atoms with Gasteiger partial charge in [0.1, 0.15) is 0 Å². The van der Waals surface area contributed by atoms with E-state index < -0.39 is 0 Å². The molecule has 1 saturated carbocycles. The van der Waals surface area contributed by atoms with Crippen molar-refractivity contribution in [2.45, 2.75) is 52.2 Å². The van der Waals surface area contributed by atoms with Crippen molar-refractivity contribution in [1.29, 1.82) is 0 Å². The van der Waals surface area contributed by atoms with E-state index in [1.165, 1.54) is 16.7 Å². The summed E-state index contributed by atoms with van der Waals surface area (Å²) in [5.74, 6) is 0.209. The molecule has 0 aliphatic heterocycles. The Morgan fingerprint density at radius 2 is 1.95 bits per heavy atom. The quantitative estimate of drug-likeness (QED) is 0.878. The van der Waals surface area contributed by atoms with E-state index >= 15 is 0 Å². The highest BCUT2D eigenvalue weighted by Gasteiger charge is 2.24. The fourth-order valence-electron chi connectivity index (χ4n) is 2.71. The van der Waals surface area contributed by atoms with Crippen LogP contribution in [0.15, 0.2) is 18.2 Å². The Balaban J connectivity index is 1.86. The van der Waals surface area contributed by atoms with Crippen LogP contribution in [0.2, 0.25) is 0 Å². The normalized spacial score (nSPS) is 23.1. The van der Waals surface area contributed by atoms with Crippen molar-refractivity contribution in [3.8, 4) is 0 Å². The van der Waals surface area contributed by atoms with E-state index in [4.69, 9.17) is 0 Å². The summed E-state index contributed by atoms with van der Waals surface area (Å²) in [4.78, 5) is 12.1. The van der Waals surface area contributed by atoms with E-state index in [1.54, 1.807) is 0 Å². The molecule has 19 heavy (non-hydrogen) atoms. The topological polar surface area (TPSA) is 49.3 Å². The minimum absolute atomic E-state index is 0.0779. The van der Waals surface area contributed by atoms with Gasteiger partial charge in [-0.25, -0.2) is 0 Å². The molecule has 2 rings (SSSR count). The number of nitrogens with one attached hydrogen (secondary N) is 1. The summed E-state index contributed by atoms with van der Waals surface area (Å²) in [7, 11) is 0. The fraction of sp³-hybridized carbons (Fsp3) is 0.562. The summed E-state index contributed by atoms with van der Waals surface area (Å²) in [5.41, 5.74) is 3.64. The Hall–Kier alpha value is -1.35. The smallest absolute Gasteiger partial charge is 0.223 e. The molecule has 0 aromatic heterocycles. The minimum Gasteiger partial charge on any atom is -0.393 e. The molecule has 3 nitrogen and oxygen atoms in total. The Kier molecular flexibility index (Phi) is 4.59. The Morgan fingerprint density at radius 3 is 2.58 bits per heavy atom. The van der Waals surface area contributed by atoms with Gasteiger partial charge in [-0.05, 0) is 50.7 Å². The SMILES string of the molecule is Cc1ccc(CNC(=O)C2CCC(O)CC2)c(C)c1. The monoisotopic (exact) mass is 261 g/mol. The molecular weight excluding hydrogens is 238 g/mol. The molecule has 1 amide bonds. The van der Waals surface area contributed by atoms with Crippen molar-refractivity contribution >= 4 is 5.91 Å². The number of carbonyl (C=O) groups is 1. The van der Waals surface area contributed by atoms with Gasteiger partial charge in [0.15, 0.2) is 0 Å². The van der Waals surface area contributed by atoms with E-state index in [0.717, 1.165) is 25.7 Å². The maximum atomic E-state index is 12.1. The van der Waals surface area contributed by atoms with E-state index in [2.05, 4.69) is 37.4 Å². The summed E-state index contributed by atoms with van der Waals surface area (Å²) in [6, 6.07) is 6.29. The van der Waals surface area contributed by atoms with Gasteiger partial charge in [-0.3, -0.25) is 4.79 Å². The highest BCUT2D eigenvalue weighted by molar-refractivity contribution is 5.78. The van der Waals surface area contributed by atoms with E-state index in [0.29, 0.717) is 6.54 Å². The van der Waals surface area contributed by atoms with Crippen molar-refractivity contribution in [1.82, 2.24) is 5.32 Å². The van der Waals surface area contributed by atoms with E-state index in [1.807, 2.05) is 0 Å². The number of carbonyl (C=O) groups excluding carboxylic acids is 1. The van der Waals surface area contributed by atoms with Crippen LogP contribution in [0.4, 0.5) is 0 Å². The predicted molar refractivity (Wildman–Crippen MR) is 75.7 cm³/mol. The molecule has 0 atom stereocenters. The van der Waals surface area contributed by atoms with Crippen LogP contribution in [0.3, 0.4) is 0 Å². The molecule has 0 radical (unpaired) electrons. The lowest BCUT2D eigenvalue weighted by Crippen LogP contribution is -2.33. The highest BCUT2D eigenvalue weighted by Crippen LogP contribution is 2.24. The number of hydrogen-bond donors (Lipinski definition) is 2. The van der Waals surface area contributed by atoms with E-state index in [9.17, 15) is 9.90 Å². The fourth-order valence-corrected chi connectivity index (χ4v) is 2.71. The summed E-state index contributed by atoms with van der Waals surface area (Å²) in [6.45, 7) is 4.75. The third-order valence-corrected chi connectivity index (χ3v) is 4.02. The molecule has 0 saturated heterocycles. The average Bonchev–Trinajstić information content (AvgIpc) is 2.38. The molecule has 0 spiro atoms. The lowest BCUT2D eigenvalue weighted by atomic mass is 9.87. The van der Waals surface area contributed by atoms with Gasteiger partial charge in [0.05, 0.1) is 6.10 Å². The van der Waals surface area contributed by atoms with Gasteiger partial charge in [-0.15, -0.1) is 0 Å². The highest BCUT2D eigenvalue weighted by atomic mass is 16.3. The van der Waals surface area contributed by atoms with Crippen molar-refractivity contribution in [2.24, 2.45) is 5.92 Å². The molecule has 0 heterocycles. The first kappa shape index (κ1) is 14.1. The molecule has 1 aliphatic rings. The maximum absolute atomic E-state index is 12.1. The van der Waals surface area contributed by atoms with Crippen molar-refractivity contribution in [2.75, 3.05) is 0 Å². The second-order valence-electron chi connectivity index (χ2n) is 5.65. The molecular formula is C16H23NO2. The second kappa shape index (κ2) is 6.20. The number of aliphatic hydroxyl groups excluding tert-OH is 1. The third kappa shape index (κ3) is 3.80. The lowest BCUT2D eigenvalue weighted by molar-refractivity contribution is -0.126. The zero-order valence-electron chi connectivity index (χ0n) is 11.8. The number of rotatable bonds is 3. The number of aliphatic hydroxyl groups is 1.